The molecule has 0 N–H and O–H groups in total. The molecule has 1 fully saturated rings. The molecule has 2 aromatic rings. The van der Waals surface area contributed by atoms with Crippen molar-refractivity contribution in [1.29, 1.82) is 0 Å². The van der Waals surface area contributed by atoms with Crippen LogP contribution in [0.25, 0.3) is 0 Å². The van der Waals surface area contributed by atoms with Crippen molar-refractivity contribution in [3.63, 3.8) is 0 Å². The van der Waals surface area contributed by atoms with E-state index in [0.717, 1.165) is 24.8 Å². The Morgan fingerprint density at radius 2 is 1.87 bits per heavy atom. The molecular weight excluding hydrogens is 380 g/mol. The van der Waals surface area contributed by atoms with Gasteiger partial charge >= 0.3 is 5.97 Å². The molecular formula is C25H24O5. The Bertz CT molecular complexity index is 1020. The van der Waals surface area contributed by atoms with E-state index in [1.165, 1.54) is 12.7 Å². The average molecular weight is 404 g/mol. The minimum atomic E-state index is -0.658. The minimum Gasteiger partial charge on any atom is -0.465 e. The van der Waals surface area contributed by atoms with E-state index in [1.807, 2.05) is 24.3 Å². The number of hydrogen-bond donors (Lipinski definition) is 0. The highest BCUT2D eigenvalue weighted by molar-refractivity contribution is 6.02. The van der Waals surface area contributed by atoms with Crippen molar-refractivity contribution in [2.45, 2.75) is 43.3 Å². The third-order valence-corrected chi connectivity index (χ3v) is 6.98. The maximum atomic E-state index is 13.2. The first-order chi connectivity index (χ1) is 14.6. The molecule has 1 saturated carbocycles. The number of rotatable bonds is 3. The Labute approximate surface area is 175 Å². The van der Waals surface area contributed by atoms with Crippen LogP contribution in [0, 0.1) is 5.92 Å². The zero-order valence-corrected chi connectivity index (χ0v) is 16.9. The number of esters is 1. The number of carbonyl (C=O) groups is 2. The van der Waals surface area contributed by atoms with E-state index in [4.69, 9.17) is 14.2 Å². The molecule has 2 aliphatic carbocycles. The Hall–Kier alpha value is -3.08. The van der Waals surface area contributed by atoms with Crippen molar-refractivity contribution in [2.24, 2.45) is 5.92 Å². The summed E-state index contributed by atoms with van der Waals surface area (Å²) >= 11 is 0. The van der Waals surface area contributed by atoms with Crippen molar-refractivity contribution in [3.05, 3.63) is 83.3 Å². The van der Waals surface area contributed by atoms with Gasteiger partial charge in [-0.05, 0) is 42.0 Å². The van der Waals surface area contributed by atoms with Crippen molar-refractivity contribution >= 4 is 11.8 Å². The van der Waals surface area contributed by atoms with Crippen LogP contribution in [0.4, 0.5) is 0 Å². The lowest BCUT2D eigenvalue weighted by Gasteiger charge is -2.52. The molecule has 30 heavy (non-hydrogen) atoms. The van der Waals surface area contributed by atoms with Gasteiger partial charge in [0.05, 0.1) is 12.7 Å². The third-order valence-electron chi connectivity index (χ3n) is 6.98. The molecule has 0 amide bonds. The highest BCUT2D eigenvalue weighted by Crippen LogP contribution is 2.56. The Kier molecular flexibility index (Phi) is 4.42. The maximum Gasteiger partial charge on any atom is 0.337 e. The van der Waals surface area contributed by atoms with Gasteiger partial charge in [-0.1, -0.05) is 36.4 Å². The molecule has 5 rings (SSSR count). The molecule has 5 nitrogen and oxygen atoms in total. The summed E-state index contributed by atoms with van der Waals surface area (Å²) in [5.41, 5.74) is 3.12. The molecule has 1 heterocycles. The lowest BCUT2D eigenvalue weighted by molar-refractivity contribution is -0.186. The zero-order valence-electron chi connectivity index (χ0n) is 16.9. The summed E-state index contributed by atoms with van der Waals surface area (Å²) in [4.78, 5) is 25.2. The van der Waals surface area contributed by atoms with E-state index >= 15 is 0 Å². The van der Waals surface area contributed by atoms with Crippen molar-refractivity contribution in [3.8, 4) is 0 Å². The van der Waals surface area contributed by atoms with Crippen LogP contribution in [-0.2, 0) is 26.0 Å². The van der Waals surface area contributed by atoms with E-state index in [1.54, 1.807) is 24.7 Å². The maximum absolute atomic E-state index is 13.2. The van der Waals surface area contributed by atoms with Gasteiger partial charge in [-0.25, -0.2) is 4.79 Å². The second-order valence-electron chi connectivity index (χ2n) is 8.52. The fourth-order valence-electron chi connectivity index (χ4n) is 5.53. The number of carbonyl (C=O) groups excluding carboxylic acids is 2. The van der Waals surface area contributed by atoms with Crippen molar-refractivity contribution in [2.75, 3.05) is 7.11 Å². The summed E-state index contributed by atoms with van der Waals surface area (Å²) in [5.74, 6) is -0.928. The summed E-state index contributed by atoms with van der Waals surface area (Å²) in [6.45, 7) is 0. The molecule has 0 aromatic heterocycles. The van der Waals surface area contributed by atoms with Gasteiger partial charge in [0.1, 0.15) is 12.5 Å². The predicted molar refractivity (Wildman–Crippen MR) is 110 cm³/mol. The largest absolute Gasteiger partial charge is 0.465 e. The molecule has 1 spiro atoms. The van der Waals surface area contributed by atoms with Gasteiger partial charge in [-0.3, -0.25) is 4.79 Å². The summed E-state index contributed by atoms with van der Waals surface area (Å²) in [7, 11) is 1.35. The average Bonchev–Trinajstić information content (AvgIpc) is 3.23. The second kappa shape index (κ2) is 7.01. The van der Waals surface area contributed by atoms with E-state index < -0.39 is 11.8 Å². The second-order valence-corrected chi connectivity index (χ2v) is 8.52. The van der Waals surface area contributed by atoms with Crippen LogP contribution in [0.15, 0.2) is 61.1 Å². The minimum absolute atomic E-state index is 0.0624. The summed E-state index contributed by atoms with van der Waals surface area (Å²) in [6.07, 6.45) is 6.70. The topological polar surface area (TPSA) is 61.8 Å². The molecule has 0 unspecified atom stereocenters. The third kappa shape index (κ3) is 2.92. The quantitative estimate of drug-likeness (QED) is 0.702. The highest BCUT2D eigenvalue weighted by Gasteiger charge is 2.56. The fourth-order valence-corrected chi connectivity index (χ4v) is 5.53. The predicted octanol–water partition coefficient (Wildman–Crippen LogP) is 4.55. The number of fused-ring (bicyclic) bond motifs is 3. The summed E-state index contributed by atoms with van der Waals surface area (Å²) in [5, 5.41) is 0. The van der Waals surface area contributed by atoms with E-state index in [9.17, 15) is 9.59 Å². The molecule has 1 aliphatic heterocycles. The molecule has 154 valence electrons. The van der Waals surface area contributed by atoms with Gasteiger partial charge in [0.15, 0.2) is 5.78 Å². The van der Waals surface area contributed by atoms with Crippen molar-refractivity contribution in [1.82, 2.24) is 0 Å². The normalized spacial score (nSPS) is 25.8. The lowest BCUT2D eigenvalue weighted by atomic mass is 9.53. The number of methoxy groups -OCH3 is 1. The molecule has 2 atom stereocenters. The van der Waals surface area contributed by atoms with E-state index in [2.05, 4.69) is 12.1 Å². The zero-order chi connectivity index (χ0) is 20.8. The molecule has 0 radical (unpaired) electrons. The lowest BCUT2D eigenvalue weighted by Crippen LogP contribution is -2.52. The van der Waals surface area contributed by atoms with Crippen LogP contribution >= 0.6 is 0 Å². The smallest absolute Gasteiger partial charge is 0.337 e. The van der Waals surface area contributed by atoms with Gasteiger partial charge in [-0.15, -0.1) is 0 Å². The number of ketones is 1. The number of ether oxygens (including phenoxy) is 3. The van der Waals surface area contributed by atoms with E-state index in [0.29, 0.717) is 24.0 Å². The van der Waals surface area contributed by atoms with Gasteiger partial charge in [-0.2, -0.15) is 0 Å². The summed E-state index contributed by atoms with van der Waals surface area (Å²) in [6, 6.07) is 15.8. The number of Topliss-reactive ketones (excluding diaryl/α,β-unsaturated/α-hetero) is 1. The Balaban J connectivity index is 1.61. The van der Waals surface area contributed by atoms with Crippen molar-refractivity contribution < 1.29 is 23.8 Å². The van der Waals surface area contributed by atoms with Crippen LogP contribution in [0.5, 0.6) is 0 Å². The molecule has 3 aliphatic rings. The standard InChI is InChI=1S/C25H24O5/c1-28-23(27)18-7-8-21-20(13-18)22(26)14-19-16-25(29-11-12-30-25)10-9-24(19,21)15-17-5-3-2-4-6-17/h2-8,11-13,19H,9-10,14-16H2,1H3/t19-,24-/m0/s1. The monoisotopic (exact) mass is 404 g/mol. The van der Waals surface area contributed by atoms with Gasteiger partial charge < -0.3 is 14.2 Å². The first-order valence-corrected chi connectivity index (χ1v) is 10.4. The highest BCUT2D eigenvalue weighted by atomic mass is 16.7. The SMILES string of the molecule is COC(=O)c1ccc2c(c1)C(=O)C[C@H]1CC3(CC[C@@]21Cc1ccccc1)OC=CO3. The van der Waals surface area contributed by atoms with E-state index in [-0.39, 0.29) is 17.1 Å². The van der Waals surface area contributed by atoms with Crippen LogP contribution in [0.2, 0.25) is 0 Å². The fraction of sp³-hybridized carbons (Fsp3) is 0.360. The van der Waals surface area contributed by atoms with Gasteiger partial charge in [0, 0.05) is 30.2 Å². The first kappa shape index (κ1) is 18.9. The molecule has 5 heteroatoms. The summed E-state index contributed by atoms with van der Waals surface area (Å²) < 4.78 is 16.5. The molecule has 2 aromatic carbocycles. The van der Waals surface area contributed by atoms with Gasteiger partial charge in [0.2, 0.25) is 5.79 Å². The van der Waals surface area contributed by atoms with Crippen LogP contribution in [-0.4, -0.2) is 24.6 Å². The Morgan fingerprint density at radius 3 is 2.60 bits per heavy atom. The molecule has 0 bridgehead atoms. The number of hydrogen-bond acceptors (Lipinski definition) is 5. The molecule has 0 saturated heterocycles. The van der Waals surface area contributed by atoms with Crippen LogP contribution in [0.1, 0.15) is 57.5 Å². The Morgan fingerprint density at radius 1 is 1.10 bits per heavy atom. The number of benzene rings is 2. The van der Waals surface area contributed by atoms with Crippen LogP contribution < -0.4 is 0 Å². The first-order valence-electron chi connectivity index (χ1n) is 10.4. The van der Waals surface area contributed by atoms with Gasteiger partial charge in [0.25, 0.3) is 0 Å². The van der Waals surface area contributed by atoms with Crippen LogP contribution in [0.3, 0.4) is 0 Å².